The number of rotatable bonds is 7. The van der Waals surface area contributed by atoms with E-state index < -0.39 is 0 Å². The molecule has 0 unspecified atom stereocenters. The third kappa shape index (κ3) is 4.88. The summed E-state index contributed by atoms with van der Waals surface area (Å²) >= 11 is 1.73. The van der Waals surface area contributed by atoms with Crippen molar-refractivity contribution in [2.45, 2.75) is 36.7 Å². The van der Waals surface area contributed by atoms with Crippen molar-refractivity contribution in [3.8, 4) is 0 Å². The van der Waals surface area contributed by atoms with Crippen LogP contribution in [0.5, 0.6) is 0 Å². The van der Waals surface area contributed by atoms with Crippen molar-refractivity contribution in [3.05, 3.63) is 29.8 Å². The van der Waals surface area contributed by atoms with E-state index in [9.17, 15) is 4.79 Å². The second-order valence-corrected chi connectivity index (χ2v) is 5.96. The number of hydrogen-bond acceptors (Lipinski definition) is 3. The highest BCUT2D eigenvalue weighted by atomic mass is 32.2. The van der Waals surface area contributed by atoms with Crippen molar-refractivity contribution in [3.63, 3.8) is 0 Å². The molecule has 0 atom stereocenters. The number of nitrogens with zero attached hydrogens (tertiary/aromatic N) is 1. The van der Waals surface area contributed by atoms with Gasteiger partial charge in [0, 0.05) is 37.5 Å². The van der Waals surface area contributed by atoms with Gasteiger partial charge in [0.15, 0.2) is 0 Å². The molecular formula is C15H22N2OS. The van der Waals surface area contributed by atoms with E-state index in [2.05, 4.69) is 35.8 Å². The van der Waals surface area contributed by atoms with Crippen LogP contribution in [0.4, 0.5) is 0 Å². The minimum atomic E-state index is 0.210. The second kappa shape index (κ2) is 6.96. The van der Waals surface area contributed by atoms with Gasteiger partial charge in [0.2, 0.25) is 5.91 Å². The number of amides is 1. The van der Waals surface area contributed by atoms with Crippen LogP contribution < -0.4 is 5.32 Å². The Hall–Kier alpha value is -1.00. The molecule has 0 aliphatic heterocycles. The lowest BCUT2D eigenvalue weighted by atomic mass is 10.2. The first-order chi connectivity index (χ1) is 9.19. The molecule has 19 heavy (non-hydrogen) atoms. The third-order valence-electron chi connectivity index (χ3n) is 3.35. The lowest BCUT2D eigenvalue weighted by Crippen LogP contribution is -2.30. The van der Waals surface area contributed by atoms with Gasteiger partial charge in [-0.3, -0.25) is 4.79 Å². The molecule has 1 amide bonds. The fourth-order valence-electron chi connectivity index (χ4n) is 1.95. The van der Waals surface area contributed by atoms with Crippen LogP contribution in [0.25, 0.3) is 0 Å². The lowest BCUT2D eigenvalue weighted by Gasteiger charge is -2.17. The summed E-state index contributed by atoms with van der Waals surface area (Å²) in [5.74, 6) is 0.210. The Kier molecular flexibility index (Phi) is 5.28. The fraction of sp³-hybridized carbons (Fsp3) is 0.533. The Morgan fingerprint density at radius 2 is 2.05 bits per heavy atom. The van der Waals surface area contributed by atoms with Gasteiger partial charge in [-0.25, -0.2) is 0 Å². The number of carbonyl (C=O) groups excluding carboxylic acids is 1. The molecule has 0 bridgehead atoms. The van der Waals surface area contributed by atoms with Gasteiger partial charge >= 0.3 is 0 Å². The van der Waals surface area contributed by atoms with E-state index >= 15 is 0 Å². The minimum Gasteiger partial charge on any atom is -0.341 e. The summed E-state index contributed by atoms with van der Waals surface area (Å²) in [7, 11) is 1.88. The van der Waals surface area contributed by atoms with Gasteiger partial charge in [-0.1, -0.05) is 12.1 Å². The Morgan fingerprint density at radius 3 is 2.63 bits per heavy atom. The Bertz CT molecular complexity index is 415. The summed E-state index contributed by atoms with van der Waals surface area (Å²) in [6, 6.07) is 9.08. The topological polar surface area (TPSA) is 32.3 Å². The van der Waals surface area contributed by atoms with Gasteiger partial charge in [-0.15, -0.1) is 11.8 Å². The number of hydrogen-bond donors (Lipinski definition) is 1. The zero-order valence-corrected chi connectivity index (χ0v) is 12.5. The van der Waals surface area contributed by atoms with Gasteiger partial charge in [-0.2, -0.15) is 0 Å². The summed E-state index contributed by atoms with van der Waals surface area (Å²) in [4.78, 5) is 15.0. The molecule has 1 aliphatic carbocycles. The zero-order valence-electron chi connectivity index (χ0n) is 11.7. The molecule has 1 saturated carbocycles. The first kappa shape index (κ1) is 14.4. The van der Waals surface area contributed by atoms with Gasteiger partial charge < -0.3 is 10.2 Å². The molecule has 1 aliphatic rings. The summed E-state index contributed by atoms with van der Waals surface area (Å²) in [6.07, 6.45) is 5.20. The van der Waals surface area contributed by atoms with E-state index in [0.717, 1.165) is 6.54 Å². The molecule has 0 radical (unpaired) electrons. The lowest BCUT2D eigenvalue weighted by molar-refractivity contribution is -0.130. The van der Waals surface area contributed by atoms with Crippen LogP contribution in [-0.2, 0) is 11.3 Å². The fourth-order valence-corrected chi connectivity index (χ4v) is 2.36. The highest BCUT2D eigenvalue weighted by Gasteiger charge is 2.20. The first-order valence-corrected chi connectivity index (χ1v) is 8.02. The van der Waals surface area contributed by atoms with Gasteiger partial charge in [0.1, 0.15) is 0 Å². The maximum absolute atomic E-state index is 12.0. The molecule has 1 aromatic carbocycles. The maximum Gasteiger partial charge on any atom is 0.223 e. The summed E-state index contributed by atoms with van der Waals surface area (Å²) in [5.41, 5.74) is 1.18. The normalized spacial score (nSPS) is 14.4. The molecule has 2 rings (SSSR count). The van der Waals surface area contributed by atoms with Crippen LogP contribution >= 0.6 is 11.8 Å². The van der Waals surface area contributed by atoms with Gasteiger partial charge in [0.05, 0.1) is 0 Å². The number of benzene rings is 1. The van der Waals surface area contributed by atoms with Crippen LogP contribution in [0.1, 0.15) is 24.8 Å². The second-order valence-electron chi connectivity index (χ2n) is 5.08. The predicted octanol–water partition coefficient (Wildman–Crippen LogP) is 2.51. The van der Waals surface area contributed by atoms with E-state index in [1.54, 1.807) is 11.8 Å². The van der Waals surface area contributed by atoms with Gasteiger partial charge in [0.25, 0.3) is 0 Å². The third-order valence-corrected chi connectivity index (χ3v) is 4.10. The van der Waals surface area contributed by atoms with Crippen LogP contribution in [0.2, 0.25) is 0 Å². The molecule has 104 valence electrons. The number of nitrogens with one attached hydrogen (secondary N) is 1. The molecule has 0 spiro atoms. The number of carbonyl (C=O) groups is 1. The van der Waals surface area contributed by atoms with Crippen LogP contribution in [0, 0.1) is 0 Å². The molecule has 0 aromatic heterocycles. The molecule has 1 fully saturated rings. The molecule has 3 nitrogen and oxygen atoms in total. The van der Waals surface area contributed by atoms with E-state index in [4.69, 9.17) is 0 Å². The van der Waals surface area contributed by atoms with Crippen molar-refractivity contribution in [1.29, 1.82) is 0 Å². The molecule has 1 aromatic rings. The largest absolute Gasteiger partial charge is 0.341 e. The summed E-state index contributed by atoms with van der Waals surface area (Å²) in [5, 5.41) is 3.37. The average molecular weight is 278 g/mol. The van der Waals surface area contributed by atoms with Crippen molar-refractivity contribution in [2.75, 3.05) is 19.8 Å². The standard InChI is InChI=1S/C15H22N2OS/c1-17(15(18)9-10-16-13-5-6-13)11-12-3-7-14(19-2)8-4-12/h3-4,7-8,13,16H,5-6,9-11H2,1-2H3. The molecule has 1 N–H and O–H groups in total. The SMILES string of the molecule is CSc1ccc(CN(C)C(=O)CCNC2CC2)cc1. The monoisotopic (exact) mass is 278 g/mol. The first-order valence-electron chi connectivity index (χ1n) is 6.79. The van der Waals surface area contributed by atoms with Crippen molar-refractivity contribution >= 4 is 17.7 Å². The Morgan fingerprint density at radius 1 is 1.37 bits per heavy atom. The van der Waals surface area contributed by atoms with E-state index in [0.29, 0.717) is 19.0 Å². The van der Waals surface area contributed by atoms with E-state index in [-0.39, 0.29) is 5.91 Å². The average Bonchev–Trinajstić information content (AvgIpc) is 3.23. The molecule has 0 saturated heterocycles. The molecule has 4 heteroatoms. The van der Waals surface area contributed by atoms with Crippen LogP contribution in [0.15, 0.2) is 29.2 Å². The van der Waals surface area contributed by atoms with Crippen molar-refractivity contribution in [1.82, 2.24) is 10.2 Å². The smallest absolute Gasteiger partial charge is 0.223 e. The predicted molar refractivity (Wildman–Crippen MR) is 80.3 cm³/mol. The minimum absolute atomic E-state index is 0.210. The van der Waals surface area contributed by atoms with Gasteiger partial charge in [-0.05, 0) is 36.8 Å². The quantitative estimate of drug-likeness (QED) is 0.778. The van der Waals surface area contributed by atoms with E-state index in [1.807, 2.05) is 11.9 Å². The van der Waals surface area contributed by atoms with E-state index in [1.165, 1.54) is 23.3 Å². The van der Waals surface area contributed by atoms with Crippen molar-refractivity contribution in [2.24, 2.45) is 0 Å². The summed E-state index contributed by atoms with van der Waals surface area (Å²) < 4.78 is 0. The van der Waals surface area contributed by atoms with Crippen molar-refractivity contribution < 1.29 is 4.79 Å². The number of thioether (sulfide) groups is 1. The molecule has 0 heterocycles. The highest BCUT2D eigenvalue weighted by molar-refractivity contribution is 7.98. The highest BCUT2D eigenvalue weighted by Crippen LogP contribution is 2.18. The van der Waals surface area contributed by atoms with Crippen LogP contribution in [0.3, 0.4) is 0 Å². The van der Waals surface area contributed by atoms with Crippen LogP contribution in [-0.4, -0.2) is 36.7 Å². The maximum atomic E-state index is 12.0. The molecular weight excluding hydrogens is 256 g/mol. The summed E-state index contributed by atoms with van der Waals surface area (Å²) in [6.45, 7) is 1.50. The Labute approximate surface area is 119 Å². The Balaban J connectivity index is 1.74. The zero-order chi connectivity index (χ0) is 13.7.